The van der Waals surface area contributed by atoms with Crippen LogP contribution in [-0.4, -0.2) is 5.92 Å². The number of hydrogen-bond acceptors (Lipinski definition) is 0. The predicted octanol–water partition coefficient (Wildman–Crippen LogP) is 1.11. The van der Waals surface area contributed by atoms with Crippen molar-refractivity contribution in [2.75, 3.05) is 0 Å². The van der Waals surface area contributed by atoms with Gasteiger partial charge in [0.2, 0.25) is 0 Å². The lowest BCUT2D eigenvalue weighted by atomic mass is 10.8. The molecule has 1 fully saturated rings. The molecule has 1 aliphatic rings. The third-order valence-electron chi connectivity index (χ3n) is 0.444. The van der Waals surface area contributed by atoms with Crippen molar-refractivity contribution in [2.24, 2.45) is 0 Å². The molecule has 1 aliphatic carbocycles. The first kappa shape index (κ1) is 3.07. The summed E-state index contributed by atoms with van der Waals surface area (Å²) < 4.78 is 22.0. The molecule has 1 saturated carbocycles. The number of hydrogen-bond donors (Lipinski definition) is 0. The molecule has 0 saturated heterocycles. The van der Waals surface area contributed by atoms with E-state index >= 15 is 0 Å². The highest BCUT2D eigenvalue weighted by Crippen LogP contribution is 2.39. The molecule has 0 heterocycles. The summed E-state index contributed by atoms with van der Waals surface area (Å²) in [6, 6.07) is 0. The Morgan fingerprint density at radius 2 is 1.80 bits per heavy atom. The molecule has 0 unspecified atom stereocenters. The fourth-order valence-corrected chi connectivity index (χ4v) is 0.0668. The summed E-state index contributed by atoms with van der Waals surface area (Å²) in [5.74, 6) is -2.50. The molecule has 0 aliphatic heterocycles. The van der Waals surface area contributed by atoms with Gasteiger partial charge in [-0.25, -0.2) is 8.78 Å². The van der Waals surface area contributed by atoms with Crippen LogP contribution in [0.5, 0.6) is 0 Å². The van der Waals surface area contributed by atoms with E-state index in [2.05, 4.69) is 0 Å². The van der Waals surface area contributed by atoms with Crippen molar-refractivity contribution in [3.8, 4) is 0 Å². The Labute approximate surface area is 28.8 Å². The van der Waals surface area contributed by atoms with Gasteiger partial charge >= 0.3 is 0 Å². The van der Waals surface area contributed by atoms with Crippen molar-refractivity contribution >= 4 is 0 Å². The van der Waals surface area contributed by atoms with Crippen LogP contribution >= 0.6 is 0 Å². The maximum absolute atomic E-state index is 11.0. The van der Waals surface area contributed by atoms with Crippen LogP contribution in [0.15, 0.2) is 0 Å². The summed E-state index contributed by atoms with van der Waals surface area (Å²) in [6.07, 6.45) is 1.71. The summed E-state index contributed by atoms with van der Waals surface area (Å²) in [7, 11) is 0. The highest BCUT2D eigenvalue weighted by molar-refractivity contribution is 5.03. The molecule has 0 aromatic carbocycles. The minimum Gasteiger partial charge on any atom is -0.206 e. The Balaban J connectivity index is 2.38. The number of halogens is 2. The van der Waals surface area contributed by atoms with E-state index < -0.39 is 5.92 Å². The topological polar surface area (TPSA) is 0 Å². The normalized spacial score (nSPS) is 30.0. The summed E-state index contributed by atoms with van der Waals surface area (Å²) in [6.45, 7) is 0. The summed E-state index contributed by atoms with van der Waals surface area (Å²) >= 11 is 0. The number of rotatable bonds is 0. The molecule has 2 radical (unpaired) electrons. The lowest BCUT2D eigenvalue weighted by molar-refractivity contribution is 0.134. The molecular formula is C3H2F2. The van der Waals surface area contributed by atoms with E-state index in [0.717, 1.165) is 0 Å². The minimum atomic E-state index is -2.50. The van der Waals surface area contributed by atoms with Crippen molar-refractivity contribution in [3.63, 3.8) is 0 Å². The average Bonchev–Trinajstić information content (AvgIpc) is 1.76. The maximum atomic E-state index is 11.0. The van der Waals surface area contributed by atoms with Crippen LogP contribution < -0.4 is 0 Å². The van der Waals surface area contributed by atoms with Crippen molar-refractivity contribution in [2.45, 2.75) is 12.3 Å². The summed E-state index contributed by atoms with van der Waals surface area (Å²) in [4.78, 5) is 0. The Hall–Kier alpha value is -0.140. The van der Waals surface area contributed by atoms with Gasteiger partial charge in [-0.05, 0) is 0 Å². The minimum absolute atomic E-state index is 0.132. The van der Waals surface area contributed by atoms with Crippen molar-refractivity contribution in [1.82, 2.24) is 0 Å². The second-order valence-corrected chi connectivity index (χ2v) is 1.06. The molecule has 0 aromatic heterocycles. The molecule has 0 N–H and O–H groups in total. The van der Waals surface area contributed by atoms with Crippen LogP contribution in [0.4, 0.5) is 8.78 Å². The van der Waals surface area contributed by atoms with Crippen LogP contribution in [0, 0.1) is 6.42 Å². The fraction of sp³-hybridized carbons (Fsp3) is 0.667. The first-order valence-corrected chi connectivity index (χ1v) is 1.34. The van der Waals surface area contributed by atoms with Gasteiger partial charge in [0.25, 0.3) is 5.92 Å². The highest BCUT2D eigenvalue weighted by atomic mass is 19.3. The Bertz CT molecular complexity index is 42.9. The van der Waals surface area contributed by atoms with Gasteiger partial charge in [0.1, 0.15) is 0 Å². The van der Waals surface area contributed by atoms with Gasteiger partial charge in [-0.2, -0.15) is 0 Å². The van der Waals surface area contributed by atoms with Crippen LogP contribution in [0.3, 0.4) is 0 Å². The smallest absolute Gasteiger partial charge is 0.206 e. The third kappa shape index (κ3) is 0.565. The van der Waals surface area contributed by atoms with Crippen molar-refractivity contribution in [1.29, 1.82) is 0 Å². The zero-order valence-electron chi connectivity index (χ0n) is 2.46. The van der Waals surface area contributed by atoms with Crippen molar-refractivity contribution in [3.05, 3.63) is 6.42 Å². The van der Waals surface area contributed by atoms with Gasteiger partial charge in [0, 0.05) is 6.42 Å². The van der Waals surface area contributed by atoms with Gasteiger partial charge < -0.3 is 0 Å². The molecule has 0 bridgehead atoms. The van der Waals surface area contributed by atoms with E-state index in [-0.39, 0.29) is 6.42 Å². The lowest BCUT2D eigenvalue weighted by Crippen LogP contribution is -1.79. The molecule has 0 nitrogen and oxygen atoms in total. The van der Waals surface area contributed by atoms with Crippen LogP contribution in [-0.2, 0) is 0 Å². The SMILES string of the molecule is FC1(F)[C]C1. The summed E-state index contributed by atoms with van der Waals surface area (Å²) in [5.41, 5.74) is 0. The van der Waals surface area contributed by atoms with Gasteiger partial charge in [-0.1, -0.05) is 0 Å². The Kier molecular flexibility index (Phi) is 0.313. The number of alkyl halides is 2. The second kappa shape index (κ2) is 0.511. The fourth-order valence-electron chi connectivity index (χ4n) is 0.0668. The van der Waals surface area contributed by atoms with E-state index in [0.29, 0.717) is 0 Å². The monoisotopic (exact) mass is 76.0 g/mol. The zero-order chi connectivity index (χ0) is 3.91. The van der Waals surface area contributed by atoms with E-state index in [1.54, 1.807) is 0 Å². The molecule has 1 rings (SSSR count). The molecule has 0 atom stereocenters. The second-order valence-electron chi connectivity index (χ2n) is 1.06. The summed E-state index contributed by atoms with van der Waals surface area (Å²) in [5, 5.41) is 0. The van der Waals surface area contributed by atoms with E-state index in [1.165, 1.54) is 0 Å². The van der Waals surface area contributed by atoms with Crippen LogP contribution in [0.2, 0.25) is 0 Å². The van der Waals surface area contributed by atoms with E-state index in [1.807, 2.05) is 6.42 Å². The largest absolute Gasteiger partial charge is 0.256 e. The molecule has 0 spiro atoms. The molecule has 5 heavy (non-hydrogen) atoms. The van der Waals surface area contributed by atoms with Crippen LogP contribution in [0.25, 0.3) is 0 Å². The van der Waals surface area contributed by atoms with Gasteiger partial charge in [-0.3, -0.25) is 0 Å². The lowest BCUT2D eigenvalue weighted by Gasteiger charge is -1.75. The molecular weight excluding hydrogens is 74.0 g/mol. The van der Waals surface area contributed by atoms with Gasteiger partial charge in [0.05, 0.1) is 6.42 Å². The molecule has 0 amide bonds. The van der Waals surface area contributed by atoms with Crippen LogP contribution in [0.1, 0.15) is 6.42 Å². The molecule has 0 aromatic rings. The highest BCUT2D eigenvalue weighted by Gasteiger charge is 2.44. The van der Waals surface area contributed by atoms with Gasteiger partial charge in [0.15, 0.2) is 0 Å². The molecule has 28 valence electrons. The van der Waals surface area contributed by atoms with Crippen molar-refractivity contribution < 1.29 is 8.78 Å². The average molecular weight is 76.0 g/mol. The van der Waals surface area contributed by atoms with E-state index in [9.17, 15) is 8.78 Å². The first-order valence-electron chi connectivity index (χ1n) is 1.34. The first-order chi connectivity index (χ1) is 2.21. The predicted molar refractivity (Wildman–Crippen MR) is 12.8 cm³/mol. The zero-order valence-corrected chi connectivity index (χ0v) is 2.46. The Morgan fingerprint density at radius 3 is 1.80 bits per heavy atom. The molecule has 2 heteroatoms. The Morgan fingerprint density at radius 1 is 1.60 bits per heavy atom. The quantitative estimate of drug-likeness (QED) is 0.405. The van der Waals surface area contributed by atoms with E-state index in [4.69, 9.17) is 0 Å². The standard InChI is InChI=1S/C3H2F2/c4-3(5)1-2-3/h1H2. The maximum Gasteiger partial charge on any atom is 0.256 e. The van der Waals surface area contributed by atoms with Gasteiger partial charge in [-0.15, -0.1) is 0 Å². The third-order valence-corrected chi connectivity index (χ3v) is 0.444.